The van der Waals surface area contributed by atoms with Gasteiger partial charge in [-0.2, -0.15) is 8.42 Å². The molecule has 0 aliphatic rings. The number of hydrogen-bond acceptors (Lipinski definition) is 4. The summed E-state index contributed by atoms with van der Waals surface area (Å²) in [5, 5.41) is -0.258. The van der Waals surface area contributed by atoms with Gasteiger partial charge >= 0.3 is 10.1 Å². The lowest BCUT2D eigenvalue weighted by Crippen LogP contribution is -2.13. The van der Waals surface area contributed by atoms with Crippen LogP contribution in [0.4, 0.5) is 4.39 Å². The number of rotatable bonds is 4. The second kappa shape index (κ2) is 5.71. The van der Waals surface area contributed by atoms with Crippen molar-refractivity contribution in [2.24, 2.45) is 5.73 Å². The summed E-state index contributed by atoms with van der Waals surface area (Å²) in [6, 6.07) is 8.06. The molecule has 2 aromatic rings. The molecule has 0 heterocycles. The Morgan fingerprint density at radius 1 is 1.14 bits per heavy atom. The molecule has 2 aromatic carbocycles. The van der Waals surface area contributed by atoms with Gasteiger partial charge in [0.05, 0.1) is 5.02 Å². The molecule has 0 aliphatic heterocycles. The zero-order valence-corrected chi connectivity index (χ0v) is 12.0. The monoisotopic (exact) mass is 329 g/mol. The molecule has 0 unspecified atom stereocenters. The Bertz CT molecular complexity index is 790. The summed E-state index contributed by atoms with van der Waals surface area (Å²) >= 11 is 5.54. The van der Waals surface area contributed by atoms with E-state index >= 15 is 0 Å². The molecule has 1 amide bonds. The molecule has 21 heavy (non-hydrogen) atoms. The van der Waals surface area contributed by atoms with Crippen molar-refractivity contribution in [3.05, 3.63) is 58.9 Å². The van der Waals surface area contributed by atoms with Crippen LogP contribution in [0.15, 0.2) is 47.4 Å². The van der Waals surface area contributed by atoms with Gasteiger partial charge in [0.2, 0.25) is 5.91 Å². The van der Waals surface area contributed by atoms with Gasteiger partial charge in [-0.1, -0.05) is 11.6 Å². The molecule has 0 fully saturated rings. The number of primary amides is 1. The van der Waals surface area contributed by atoms with Crippen LogP contribution in [0.2, 0.25) is 5.02 Å². The van der Waals surface area contributed by atoms with E-state index in [-0.39, 0.29) is 21.2 Å². The highest BCUT2D eigenvalue weighted by molar-refractivity contribution is 7.87. The zero-order chi connectivity index (χ0) is 15.6. The fourth-order valence-electron chi connectivity index (χ4n) is 1.49. The Morgan fingerprint density at radius 3 is 2.29 bits per heavy atom. The van der Waals surface area contributed by atoms with Gasteiger partial charge in [0, 0.05) is 11.6 Å². The van der Waals surface area contributed by atoms with Gasteiger partial charge < -0.3 is 9.92 Å². The molecule has 2 rings (SSSR count). The second-order valence-electron chi connectivity index (χ2n) is 4.00. The highest BCUT2D eigenvalue weighted by Crippen LogP contribution is 2.24. The second-order valence-corrected chi connectivity index (χ2v) is 5.96. The molecular weight excluding hydrogens is 321 g/mol. The highest BCUT2D eigenvalue weighted by atomic mass is 35.5. The van der Waals surface area contributed by atoms with Crippen molar-refractivity contribution in [1.29, 1.82) is 0 Å². The number of halogens is 2. The van der Waals surface area contributed by atoms with Gasteiger partial charge in [-0.25, -0.2) is 4.39 Å². The van der Waals surface area contributed by atoms with E-state index in [1.807, 2.05) is 0 Å². The van der Waals surface area contributed by atoms with E-state index in [1.165, 1.54) is 24.3 Å². The third-order valence-electron chi connectivity index (χ3n) is 2.52. The first kappa shape index (κ1) is 15.3. The molecular formula is C13H9ClFNO4S. The first-order chi connectivity index (χ1) is 9.79. The van der Waals surface area contributed by atoms with Crippen LogP contribution in [0.25, 0.3) is 0 Å². The molecule has 0 aromatic heterocycles. The van der Waals surface area contributed by atoms with Crippen LogP contribution in [-0.2, 0) is 10.1 Å². The summed E-state index contributed by atoms with van der Waals surface area (Å²) < 4.78 is 41.8. The van der Waals surface area contributed by atoms with Gasteiger partial charge in [-0.05, 0) is 36.4 Å². The van der Waals surface area contributed by atoms with Gasteiger partial charge in [-0.15, -0.1) is 0 Å². The number of carbonyl (C=O) groups excluding carboxylic acids is 1. The first-order valence-electron chi connectivity index (χ1n) is 5.59. The van der Waals surface area contributed by atoms with Crippen molar-refractivity contribution in [2.45, 2.75) is 4.90 Å². The number of hydrogen-bond donors (Lipinski definition) is 1. The molecule has 0 saturated heterocycles. The Morgan fingerprint density at radius 2 is 1.76 bits per heavy atom. The Balaban J connectivity index is 2.29. The Labute approximate surface area is 125 Å². The maximum atomic E-state index is 13.0. The predicted molar refractivity (Wildman–Crippen MR) is 74.2 cm³/mol. The molecule has 5 nitrogen and oxygen atoms in total. The minimum absolute atomic E-state index is 0.125. The molecule has 0 bridgehead atoms. The van der Waals surface area contributed by atoms with Crippen LogP contribution in [0.5, 0.6) is 5.75 Å². The van der Waals surface area contributed by atoms with E-state index in [4.69, 9.17) is 21.5 Å². The summed E-state index contributed by atoms with van der Waals surface area (Å²) in [6.07, 6.45) is 0. The van der Waals surface area contributed by atoms with E-state index in [2.05, 4.69) is 0 Å². The quantitative estimate of drug-likeness (QED) is 0.872. The predicted octanol–water partition coefficient (Wildman–Crippen LogP) is 2.35. The van der Waals surface area contributed by atoms with Gasteiger partial charge in [0.25, 0.3) is 0 Å². The summed E-state index contributed by atoms with van der Waals surface area (Å²) in [5.74, 6) is -1.49. The van der Waals surface area contributed by atoms with Crippen molar-refractivity contribution in [2.75, 3.05) is 0 Å². The minimum atomic E-state index is -4.12. The van der Waals surface area contributed by atoms with Crippen molar-refractivity contribution in [1.82, 2.24) is 0 Å². The average molecular weight is 330 g/mol. The molecule has 0 spiro atoms. The van der Waals surface area contributed by atoms with E-state index < -0.39 is 21.8 Å². The van der Waals surface area contributed by atoms with Gasteiger partial charge in [0.1, 0.15) is 16.5 Å². The lowest BCUT2D eigenvalue weighted by Gasteiger charge is -2.07. The van der Waals surface area contributed by atoms with Gasteiger partial charge in [0.15, 0.2) is 0 Å². The number of benzene rings is 2. The van der Waals surface area contributed by atoms with E-state index in [9.17, 15) is 17.6 Å². The molecule has 0 atom stereocenters. The third kappa shape index (κ3) is 3.50. The number of nitrogens with two attached hydrogens (primary N) is 1. The lowest BCUT2D eigenvalue weighted by atomic mass is 10.2. The third-order valence-corrected chi connectivity index (χ3v) is 4.08. The Kier molecular flexibility index (Phi) is 4.15. The van der Waals surface area contributed by atoms with Crippen molar-refractivity contribution >= 4 is 27.6 Å². The Hall–Kier alpha value is -2.12. The van der Waals surface area contributed by atoms with Crippen molar-refractivity contribution in [3.8, 4) is 5.75 Å². The van der Waals surface area contributed by atoms with Crippen LogP contribution >= 0.6 is 11.6 Å². The molecule has 2 N–H and O–H groups in total. The molecule has 0 radical (unpaired) electrons. The van der Waals surface area contributed by atoms with Crippen LogP contribution < -0.4 is 9.92 Å². The molecule has 110 valence electrons. The zero-order valence-electron chi connectivity index (χ0n) is 10.4. The average Bonchev–Trinajstić information content (AvgIpc) is 2.43. The summed E-state index contributed by atoms with van der Waals surface area (Å²) in [7, 11) is -4.12. The number of carbonyl (C=O) groups is 1. The largest absolute Gasteiger partial charge is 0.379 e. The smallest absolute Gasteiger partial charge is 0.339 e. The summed E-state index contributed by atoms with van der Waals surface area (Å²) in [4.78, 5) is 10.7. The maximum absolute atomic E-state index is 13.0. The lowest BCUT2D eigenvalue weighted by molar-refractivity contribution is 0.1000. The van der Waals surface area contributed by atoms with Crippen LogP contribution in [0.3, 0.4) is 0 Å². The molecule has 0 aliphatic carbocycles. The molecule has 8 heteroatoms. The highest BCUT2D eigenvalue weighted by Gasteiger charge is 2.17. The number of amides is 1. The van der Waals surface area contributed by atoms with Gasteiger partial charge in [-0.3, -0.25) is 4.79 Å². The fraction of sp³-hybridized carbons (Fsp3) is 0. The van der Waals surface area contributed by atoms with Crippen molar-refractivity contribution < 1.29 is 21.8 Å². The van der Waals surface area contributed by atoms with Crippen LogP contribution in [0, 0.1) is 5.82 Å². The van der Waals surface area contributed by atoms with E-state index in [1.54, 1.807) is 0 Å². The van der Waals surface area contributed by atoms with Crippen molar-refractivity contribution in [3.63, 3.8) is 0 Å². The van der Waals surface area contributed by atoms with Crippen LogP contribution in [0.1, 0.15) is 10.4 Å². The summed E-state index contributed by atoms with van der Waals surface area (Å²) in [6.45, 7) is 0. The minimum Gasteiger partial charge on any atom is -0.379 e. The SMILES string of the molecule is NC(=O)c1ccc(S(=O)(=O)Oc2ccc(F)c(Cl)c2)cc1. The molecule has 0 saturated carbocycles. The van der Waals surface area contributed by atoms with E-state index in [0.717, 1.165) is 18.2 Å². The van der Waals surface area contributed by atoms with Crippen LogP contribution in [-0.4, -0.2) is 14.3 Å². The maximum Gasteiger partial charge on any atom is 0.339 e. The summed E-state index contributed by atoms with van der Waals surface area (Å²) in [5.41, 5.74) is 5.22. The van der Waals surface area contributed by atoms with E-state index in [0.29, 0.717) is 0 Å². The standard InChI is InChI=1S/C13H9ClFNO4S/c14-11-7-9(3-6-12(11)15)20-21(18,19)10-4-1-8(2-5-10)13(16)17/h1-7H,(H2,16,17). The fourth-order valence-corrected chi connectivity index (χ4v) is 2.58. The normalized spacial score (nSPS) is 11.1. The topological polar surface area (TPSA) is 86.5 Å². The first-order valence-corrected chi connectivity index (χ1v) is 7.37.